The highest BCUT2D eigenvalue weighted by Crippen LogP contribution is 2.18. The molecule has 2 heterocycles. The number of hydrogen-bond acceptors (Lipinski definition) is 3. The highest BCUT2D eigenvalue weighted by atomic mass is 16.5. The molecule has 0 N–H and O–H groups in total. The van der Waals surface area contributed by atoms with Crippen LogP contribution in [-0.2, 0) is 22.6 Å². The van der Waals surface area contributed by atoms with Crippen LogP contribution in [0.3, 0.4) is 0 Å². The molecule has 2 aromatic rings. The van der Waals surface area contributed by atoms with Crippen LogP contribution in [0.4, 0.5) is 0 Å². The summed E-state index contributed by atoms with van der Waals surface area (Å²) in [6, 6.07) is 6.53. The molecule has 1 aliphatic heterocycles. The summed E-state index contributed by atoms with van der Waals surface area (Å²) >= 11 is 0. The van der Waals surface area contributed by atoms with Crippen molar-refractivity contribution in [3.8, 4) is 0 Å². The smallest absolute Gasteiger partial charge is 0.223 e. The van der Waals surface area contributed by atoms with Gasteiger partial charge in [0.1, 0.15) is 5.82 Å². The normalized spacial score (nSPS) is 16.7. The Balaban J connectivity index is 1.76. The molecular formula is C23H33N3O2. The van der Waals surface area contributed by atoms with E-state index < -0.39 is 0 Å². The number of benzene rings is 1. The Morgan fingerprint density at radius 1 is 1.36 bits per heavy atom. The van der Waals surface area contributed by atoms with E-state index in [9.17, 15) is 4.79 Å². The van der Waals surface area contributed by atoms with E-state index in [-0.39, 0.29) is 12.0 Å². The largest absolute Gasteiger partial charge is 0.376 e. The van der Waals surface area contributed by atoms with E-state index in [1.807, 2.05) is 17.3 Å². The summed E-state index contributed by atoms with van der Waals surface area (Å²) < 4.78 is 7.95. The van der Waals surface area contributed by atoms with Gasteiger partial charge in [-0.15, -0.1) is 0 Å². The number of carbonyl (C=O) groups excluding carboxylic acids is 1. The lowest BCUT2D eigenvalue weighted by Crippen LogP contribution is -2.38. The Morgan fingerprint density at radius 2 is 2.18 bits per heavy atom. The van der Waals surface area contributed by atoms with Gasteiger partial charge in [0, 0.05) is 38.5 Å². The molecule has 1 aromatic heterocycles. The van der Waals surface area contributed by atoms with Gasteiger partial charge in [-0.2, -0.15) is 0 Å². The molecule has 0 aliphatic carbocycles. The summed E-state index contributed by atoms with van der Waals surface area (Å²) in [6.45, 7) is 11.2. The maximum Gasteiger partial charge on any atom is 0.223 e. The summed E-state index contributed by atoms with van der Waals surface area (Å²) in [5.74, 6) is 1.46. The van der Waals surface area contributed by atoms with Crippen molar-refractivity contribution in [1.29, 1.82) is 0 Å². The fourth-order valence-electron chi connectivity index (χ4n) is 3.73. The molecule has 5 heteroatoms. The van der Waals surface area contributed by atoms with Gasteiger partial charge in [0.05, 0.1) is 12.6 Å². The summed E-state index contributed by atoms with van der Waals surface area (Å²) in [5.41, 5.74) is 3.82. The van der Waals surface area contributed by atoms with E-state index in [1.165, 1.54) is 16.7 Å². The first kappa shape index (κ1) is 20.6. The molecule has 152 valence electrons. The molecule has 0 bridgehead atoms. The van der Waals surface area contributed by atoms with E-state index in [4.69, 9.17) is 4.74 Å². The van der Waals surface area contributed by atoms with Crippen LogP contribution in [0.1, 0.15) is 55.6 Å². The third-order valence-electron chi connectivity index (χ3n) is 5.36. The third-order valence-corrected chi connectivity index (χ3v) is 5.36. The summed E-state index contributed by atoms with van der Waals surface area (Å²) in [6.07, 6.45) is 6.66. The van der Waals surface area contributed by atoms with E-state index in [1.54, 1.807) is 0 Å². The first-order chi connectivity index (χ1) is 13.4. The number of hydrogen-bond donors (Lipinski definition) is 0. The van der Waals surface area contributed by atoms with Crippen molar-refractivity contribution in [2.75, 3.05) is 13.2 Å². The number of carbonyl (C=O) groups is 1. The maximum atomic E-state index is 12.9. The van der Waals surface area contributed by atoms with Crippen molar-refractivity contribution in [1.82, 2.24) is 14.5 Å². The van der Waals surface area contributed by atoms with Gasteiger partial charge in [-0.05, 0) is 43.7 Å². The van der Waals surface area contributed by atoms with Gasteiger partial charge in [0.25, 0.3) is 0 Å². The lowest BCUT2D eigenvalue weighted by molar-refractivity contribution is -0.134. The molecule has 1 aliphatic rings. The highest BCUT2D eigenvalue weighted by molar-refractivity contribution is 5.76. The number of aryl methyl sites for hydroxylation is 2. The molecule has 28 heavy (non-hydrogen) atoms. The maximum absolute atomic E-state index is 12.9. The molecule has 0 unspecified atom stereocenters. The van der Waals surface area contributed by atoms with Crippen LogP contribution in [0.2, 0.25) is 0 Å². The first-order valence-corrected chi connectivity index (χ1v) is 10.4. The Labute approximate surface area is 168 Å². The van der Waals surface area contributed by atoms with Crippen LogP contribution >= 0.6 is 0 Å². The van der Waals surface area contributed by atoms with Gasteiger partial charge in [0.2, 0.25) is 5.91 Å². The molecule has 1 saturated heterocycles. The zero-order valence-corrected chi connectivity index (χ0v) is 17.6. The van der Waals surface area contributed by atoms with Gasteiger partial charge >= 0.3 is 0 Å². The Kier molecular flexibility index (Phi) is 6.89. The van der Waals surface area contributed by atoms with E-state index in [0.717, 1.165) is 31.8 Å². The second-order valence-electron chi connectivity index (χ2n) is 8.41. The number of imidazole rings is 1. The van der Waals surface area contributed by atoms with E-state index in [2.05, 4.69) is 55.4 Å². The average Bonchev–Trinajstić information content (AvgIpc) is 3.29. The van der Waals surface area contributed by atoms with Gasteiger partial charge in [-0.1, -0.05) is 37.6 Å². The van der Waals surface area contributed by atoms with Gasteiger partial charge < -0.3 is 14.2 Å². The minimum absolute atomic E-state index is 0.151. The van der Waals surface area contributed by atoms with Crippen molar-refractivity contribution in [2.45, 2.75) is 66.2 Å². The molecule has 3 rings (SSSR count). The van der Waals surface area contributed by atoms with Crippen molar-refractivity contribution in [3.05, 3.63) is 53.1 Å². The second-order valence-corrected chi connectivity index (χ2v) is 8.41. The minimum Gasteiger partial charge on any atom is -0.376 e. The quantitative estimate of drug-likeness (QED) is 0.689. The van der Waals surface area contributed by atoms with Crippen LogP contribution < -0.4 is 0 Å². The lowest BCUT2D eigenvalue weighted by Gasteiger charge is -2.26. The van der Waals surface area contributed by atoms with Crippen molar-refractivity contribution >= 4 is 5.91 Å². The molecule has 1 fully saturated rings. The number of rotatable bonds is 8. The zero-order chi connectivity index (χ0) is 20.1. The summed E-state index contributed by atoms with van der Waals surface area (Å²) in [5, 5.41) is 0. The van der Waals surface area contributed by atoms with Crippen LogP contribution in [-0.4, -0.2) is 39.6 Å². The predicted octanol–water partition coefficient (Wildman–Crippen LogP) is 4.10. The minimum atomic E-state index is 0.151. The molecule has 5 nitrogen and oxygen atoms in total. The Morgan fingerprint density at radius 3 is 2.89 bits per heavy atom. The number of aromatic nitrogens is 2. The Bertz CT molecular complexity index is 791. The SMILES string of the molecule is Cc1ccc(C)c(Cn2ccnc2CN(C[C@H]2CCCO2)C(=O)CC(C)C)c1. The van der Waals surface area contributed by atoms with Crippen molar-refractivity contribution in [3.63, 3.8) is 0 Å². The molecule has 0 spiro atoms. The fraction of sp³-hybridized carbons (Fsp3) is 0.565. The molecule has 0 radical (unpaired) electrons. The third kappa shape index (κ3) is 5.44. The summed E-state index contributed by atoms with van der Waals surface area (Å²) in [4.78, 5) is 19.4. The van der Waals surface area contributed by atoms with Gasteiger partial charge in [0.15, 0.2) is 0 Å². The van der Waals surface area contributed by atoms with E-state index in [0.29, 0.717) is 25.4 Å². The van der Waals surface area contributed by atoms with Crippen molar-refractivity contribution in [2.24, 2.45) is 5.92 Å². The van der Waals surface area contributed by atoms with Crippen LogP contribution in [0.25, 0.3) is 0 Å². The lowest BCUT2D eigenvalue weighted by atomic mass is 10.1. The highest BCUT2D eigenvalue weighted by Gasteiger charge is 2.24. The topological polar surface area (TPSA) is 47.4 Å². The van der Waals surface area contributed by atoms with Crippen LogP contribution in [0.15, 0.2) is 30.6 Å². The van der Waals surface area contributed by atoms with Crippen molar-refractivity contribution < 1.29 is 9.53 Å². The molecule has 1 amide bonds. The monoisotopic (exact) mass is 383 g/mol. The molecular weight excluding hydrogens is 350 g/mol. The predicted molar refractivity (Wildman–Crippen MR) is 111 cm³/mol. The zero-order valence-electron chi connectivity index (χ0n) is 17.6. The molecule has 1 aromatic carbocycles. The van der Waals surface area contributed by atoms with Gasteiger partial charge in [-0.3, -0.25) is 4.79 Å². The molecule has 1 atom stereocenters. The Hall–Kier alpha value is -2.14. The number of ether oxygens (including phenoxy) is 1. The van der Waals surface area contributed by atoms with Gasteiger partial charge in [-0.25, -0.2) is 4.98 Å². The second kappa shape index (κ2) is 9.37. The number of nitrogens with zero attached hydrogens (tertiary/aromatic N) is 3. The van der Waals surface area contributed by atoms with E-state index >= 15 is 0 Å². The average molecular weight is 384 g/mol. The summed E-state index contributed by atoms with van der Waals surface area (Å²) in [7, 11) is 0. The van der Waals surface area contributed by atoms with Crippen LogP contribution in [0.5, 0.6) is 0 Å². The fourth-order valence-corrected chi connectivity index (χ4v) is 3.73. The van der Waals surface area contributed by atoms with Crippen LogP contribution in [0, 0.1) is 19.8 Å². The molecule has 0 saturated carbocycles. The standard InChI is InChI=1S/C23H33N3O2/c1-17(2)12-23(27)26(15-21-6-5-11-28-21)16-22-24-9-10-25(22)14-20-13-18(3)7-8-19(20)4/h7-10,13,17,21H,5-6,11-12,14-16H2,1-4H3/t21-/m1/s1. The number of amides is 1. The first-order valence-electron chi connectivity index (χ1n) is 10.4.